The normalized spacial score (nSPS) is 15.1. The number of halogens is 3. The van der Waals surface area contributed by atoms with Crippen LogP contribution in [0.25, 0.3) is 5.57 Å². The van der Waals surface area contributed by atoms with Gasteiger partial charge in [-0.25, -0.2) is 0 Å². The highest BCUT2D eigenvalue weighted by Crippen LogP contribution is 2.30. The van der Waals surface area contributed by atoms with Crippen LogP contribution in [0.1, 0.15) is 31.4 Å². The minimum atomic E-state index is -4.42. The van der Waals surface area contributed by atoms with Gasteiger partial charge in [0.05, 0.1) is 17.2 Å². The zero-order valence-electron chi connectivity index (χ0n) is 13.3. The first-order valence-electron chi connectivity index (χ1n) is 7.23. The highest BCUT2D eigenvalue weighted by Gasteiger charge is 2.30. The van der Waals surface area contributed by atoms with Crippen LogP contribution in [0.15, 0.2) is 54.0 Å². The Labute approximate surface area is 138 Å². The average Bonchev–Trinajstić information content (AvgIpc) is 2.56. The summed E-state index contributed by atoms with van der Waals surface area (Å²) < 4.78 is 37.6. The largest absolute Gasteiger partial charge is 0.504 e. The molecule has 6 heteroatoms. The zero-order chi connectivity index (χ0) is 18.3. The molecule has 1 atom stereocenters. The maximum Gasteiger partial charge on any atom is 0.416 e. The molecule has 1 unspecified atom stereocenters. The van der Waals surface area contributed by atoms with Crippen molar-refractivity contribution in [2.24, 2.45) is 5.92 Å². The third-order valence-electron chi connectivity index (χ3n) is 3.31. The van der Waals surface area contributed by atoms with Gasteiger partial charge >= 0.3 is 6.18 Å². The van der Waals surface area contributed by atoms with E-state index in [1.54, 1.807) is 19.9 Å². The Morgan fingerprint density at radius 2 is 1.79 bits per heavy atom. The van der Waals surface area contributed by atoms with E-state index >= 15 is 0 Å². The van der Waals surface area contributed by atoms with Gasteiger partial charge in [0, 0.05) is 0 Å². The molecule has 0 saturated carbocycles. The Balaban J connectivity index is 2.93. The lowest BCUT2D eigenvalue weighted by atomic mass is 9.98. The van der Waals surface area contributed by atoms with Crippen molar-refractivity contribution in [2.75, 3.05) is 0 Å². The molecule has 0 aromatic heterocycles. The van der Waals surface area contributed by atoms with Crippen molar-refractivity contribution in [3.8, 4) is 6.07 Å². The molecule has 1 aromatic rings. The van der Waals surface area contributed by atoms with Crippen molar-refractivity contribution in [3.05, 3.63) is 65.1 Å². The number of allylic oxidation sites excluding steroid dienone is 4. The first kappa shape index (κ1) is 19.4. The summed E-state index contributed by atoms with van der Waals surface area (Å²) in [6, 6.07) is 6.34. The Morgan fingerprint density at radius 3 is 2.25 bits per heavy atom. The molecule has 1 rings (SSSR count). The fraction of sp³-hybridized carbons (Fsp3) is 0.278. The van der Waals surface area contributed by atoms with E-state index in [2.05, 4.69) is 0 Å². The van der Waals surface area contributed by atoms with Crippen molar-refractivity contribution in [1.29, 1.82) is 5.26 Å². The van der Waals surface area contributed by atoms with E-state index in [4.69, 9.17) is 0 Å². The summed E-state index contributed by atoms with van der Waals surface area (Å²) in [5, 5.41) is 28.1. The molecule has 0 radical (unpaired) electrons. The summed E-state index contributed by atoms with van der Waals surface area (Å²) >= 11 is 0. The highest BCUT2D eigenvalue weighted by atomic mass is 19.4. The number of aliphatic hydroxyl groups is 2. The fourth-order valence-electron chi connectivity index (χ4n) is 1.94. The smallest absolute Gasteiger partial charge is 0.416 e. The van der Waals surface area contributed by atoms with Gasteiger partial charge in [-0.05, 0) is 49.1 Å². The topological polar surface area (TPSA) is 64.2 Å². The summed E-state index contributed by atoms with van der Waals surface area (Å²) in [4.78, 5) is 0. The van der Waals surface area contributed by atoms with Crippen LogP contribution in [0.5, 0.6) is 0 Å². The number of hydrogen-bond acceptors (Lipinski definition) is 3. The standard InChI is InChI=1S/C18H18F3NO2/c1-3-16(23)17(24)9-4-12(2)10-14(11-22)13-5-7-15(8-6-13)18(19,20)21/h3,5-10,12,23-24H,4H2,1-2H3/b14-10+,16-3+,17-9+. The van der Waals surface area contributed by atoms with E-state index in [1.807, 2.05) is 6.07 Å². The van der Waals surface area contributed by atoms with E-state index in [0.29, 0.717) is 12.0 Å². The Hall–Kier alpha value is -2.68. The zero-order valence-corrected chi connectivity index (χ0v) is 13.3. The van der Waals surface area contributed by atoms with Crippen molar-refractivity contribution < 1.29 is 23.4 Å². The molecule has 0 spiro atoms. The molecule has 0 saturated heterocycles. The Bertz CT molecular complexity index is 692. The molecule has 1 aromatic carbocycles. The van der Waals surface area contributed by atoms with Gasteiger partial charge in [0.2, 0.25) is 0 Å². The van der Waals surface area contributed by atoms with Crippen molar-refractivity contribution >= 4 is 5.57 Å². The SMILES string of the molecule is C/C=C(O)\C(O)=C/CC(C)/C=C(\C#N)c1ccc(C(F)(F)F)cc1. The third-order valence-corrected chi connectivity index (χ3v) is 3.31. The minimum Gasteiger partial charge on any atom is -0.504 e. The number of nitriles is 1. The Kier molecular flexibility index (Phi) is 6.66. The molecule has 0 aliphatic carbocycles. The summed E-state index contributed by atoms with van der Waals surface area (Å²) in [5.74, 6) is -0.658. The summed E-state index contributed by atoms with van der Waals surface area (Å²) in [6.07, 6.45) is 0.307. The van der Waals surface area contributed by atoms with E-state index in [0.717, 1.165) is 12.1 Å². The maximum atomic E-state index is 12.5. The number of hydrogen-bond donors (Lipinski definition) is 2. The number of aliphatic hydroxyl groups excluding tert-OH is 2. The second kappa shape index (κ2) is 8.25. The molecule has 24 heavy (non-hydrogen) atoms. The van der Waals surface area contributed by atoms with Crippen LogP contribution in [0.3, 0.4) is 0 Å². The number of nitrogens with zero attached hydrogens (tertiary/aromatic N) is 1. The monoisotopic (exact) mass is 337 g/mol. The van der Waals surface area contributed by atoms with E-state index in [-0.39, 0.29) is 23.0 Å². The second-order valence-corrected chi connectivity index (χ2v) is 5.24. The van der Waals surface area contributed by atoms with Crippen LogP contribution in [0.4, 0.5) is 13.2 Å². The molecule has 0 bridgehead atoms. The lowest BCUT2D eigenvalue weighted by molar-refractivity contribution is -0.137. The first-order valence-corrected chi connectivity index (χ1v) is 7.23. The van der Waals surface area contributed by atoms with Crippen LogP contribution >= 0.6 is 0 Å². The van der Waals surface area contributed by atoms with Crippen molar-refractivity contribution in [1.82, 2.24) is 0 Å². The molecule has 128 valence electrons. The molecule has 0 aliphatic heterocycles. The van der Waals surface area contributed by atoms with Gasteiger partial charge in [0.15, 0.2) is 11.5 Å². The lowest BCUT2D eigenvalue weighted by Gasteiger charge is -2.08. The summed E-state index contributed by atoms with van der Waals surface area (Å²) in [5.41, 5.74) is -0.132. The third kappa shape index (κ3) is 5.51. The van der Waals surface area contributed by atoms with Crippen LogP contribution in [0, 0.1) is 17.2 Å². The molecule has 0 amide bonds. The predicted octanol–water partition coefficient (Wildman–Crippen LogP) is 5.54. The average molecular weight is 337 g/mol. The number of rotatable bonds is 5. The molecule has 3 nitrogen and oxygen atoms in total. The molecule has 0 heterocycles. The molecule has 0 aliphatic rings. The summed E-state index contributed by atoms with van der Waals surface area (Å²) in [7, 11) is 0. The minimum absolute atomic E-state index is 0.159. The van der Waals surface area contributed by atoms with Crippen LogP contribution in [0.2, 0.25) is 0 Å². The maximum absolute atomic E-state index is 12.5. The summed E-state index contributed by atoms with van der Waals surface area (Å²) in [6.45, 7) is 3.36. The van der Waals surface area contributed by atoms with Gasteiger partial charge in [-0.1, -0.05) is 25.1 Å². The van der Waals surface area contributed by atoms with Gasteiger partial charge in [0.25, 0.3) is 0 Å². The predicted molar refractivity (Wildman–Crippen MR) is 85.9 cm³/mol. The van der Waals surface area contributed by atoms with Crippen LogP contribution in [-0.2, 0) is 6.18 Å². The number of benzene rings is 1. The highest BCUT2D eigenvalue weighted by molar-refractivity contribution is 5.76. The molecule has 2 N–H and O–H groups in total. The van der Waals surface area contributed by atoms with Gasteiger partial charge in [0.1, 0.15) is 0 Å². The van der Waals surface area contributed by atoms with Crippen molar-refractivity contribution in [3.63, 3.8) is 0 Å². The van der Waals surface area contributed by atoms with Gasteiger partial charge < -0.3 is 10.2 Å². The van der Waals surface area contributed by atoms with E-state index in [9.17, 15) is 28.6 Å². The van der Waals surface area contributed by atoms with Gasteiger partial charge in [-0.15, -0.1) is 0 Å². The van der Waals surface area contributed by atoms with E-state index < -0.39 is 11.7 Å². The van der Waals surface area contributed by atoms with Crippen LogP contribution in [-0.4, -0.2) is 10.2 Å². The van der Waals surface area contributed by atoms with Gasteiger partial charge in [-0.3, -0.25) is 0 Å². The molecular weight excluding hydrogens is 319 g/mol. The lowest BCUT2D eigenvalue weighted by Crippen LogP contribution is -2.04. The van der Waals surface area contributed by atoms with Gasteiger partial charge in [-0.2, -0.15) is 18.4 Å². The quantitative estimate of drug-likeness (QED) is 0.421. The van der Waals surface area contributed by atoms with Crippen molar-refractivity contribution in [2.45, 2.75) is 26.4 Å². The fourth-order valence-corrected chi connectivity index (χ4v) is 1.94. The molecular formula is C18H18F3NO2. The molecule has 0 fully saturated rings. The Morgan fingerprint density at radius 1 is 1.21 bits per heavy atom. The first-order chi connectivity index (χ1) is 11.2. The van der Waals surface area contributed by atoms with Crippen LogP contribution < -0.4 is 0 Å². The number of alkyl halides is 3. The second-order valence-electron chi connectivity index (χ2n) is 5.24. The van der Waals surface area contributed by atoms with E-state index in [1.165, 1.54) is 24.3 Å².